The van der Waals surface area contributed by atoms with Crippen molar-refractivity contribution in [2.45, 2.75) is 44.8 Å². The van der Waals surface area contributed by atoms with Gasteiger partial charge >= 0.3 is 5.97 Å². The third-order valence-corrected chi connectivity index (χ3v) is 7.68. The van der Waals surface area contributed by atoms with E-state index in [1.54, 1.807) is 25.1 Å². The number of ketones is 2. The maximum Gasteiger partial charge on any atom is 0.302 e. The van der Waals surface area contributed by atoms with Gasteiger partial charge in [0, 0.05) is 33.6 Å². The average Bonchev–Trinajstić information content (AvgIpc) is 3.28. The molecule has 3 rings (SSSR count). The van der Waals surface area contributed by atoms with Gasteiger partial charge in [-0.05, 0) is 54.6 Å². The number of esters is 1. The average molecular weight is 616 g/mol. The van der Waals surface area contributed by atoms with Gasteiger partial charge in [0.1, 0.15) is 28.9 Å². The minimum Gasteiger partial charge on any atom is -0.507 e. The molecule has 2 aromatic rings. The van der Waals surface area contributed by atoms with Gasteiger partial charge in [-0.2, -0.15) is 0 Å². The number of phenolic OH excluding ortho intramolecular Hbond substituents is 1. The number of methoxy groups -OCH3 is 2. The van der Waals surface area contributed by atoms with Crippen LogP contribution in [0.3, 0.4) is 0 Å². The Kier molecular flexibility index (Phi) is 9.00. The van der Waals surface area contributed by atoms with E-state index in [0.717, 1.165) is 0 Å². The molecule has 2 N–H and O–H groups in total. The summed E-state index contributed by atoms with van der Waals surface area (Å²) in [4.78, 5) is 37.7. The van der Waals surface area contributed by atoms with Crippen molar-refractivity contribution in [2.24, 2.45) is 0 Å². The van der Waals surface area contributed by atoms with E-state index in [-0.39, 0.29) is 39.6 Å². The number of ether oxygens (including phenoxy) is 3. The number of halogens is 2. The maximum absolute atomic E-state index is 13.3. The zero-order chi connectivity index (χ0) is 25.9. The topological polar surface area (TPSA) is 111 Å². The lowest BCUT2D eigenvalue weighted by molar-refractivity contribution is -0.146. The van der Waals surface area contributed by atoms with Crippen LogP contribution in [0.5, 0.6) is 17.2 Å². The first kappa shape index (κ1) is 27.2. The molecule has 0 saturated carbocycles. The summed E-state index contributed by atoms with van der Waals surface area (Å²) in [6.45, 7) is 3.71. The van der Waals surface area contributed by atoms with Crippen molar-refractivity contribution in [3.63, 3.8) is 0 Å². The maximum atomic E-state index is 13.3. The number of rotatable bonds is 9. The fourth-order valence-corrected chi connectivity index (χ4v) is 5.25. The first-order chi connectivity index (χ1) is 16.6. The molecule has 10 heteroatoms. The molecule has 0 spiro atoms. The fraction of sp³-hybridized carbons (Fsp3) is 0.400. The van der Waals surface area contributed by atoms with Crippen LogP contribution in [0.15, 0.2) is 24.3 Å². The first-order valence-corrected chi connectivity index (χ1v) is 12.4. The summed E-state index contributed by atoms with van der Waals surface area (Å²) in [5.41, 5.74) is 0.518. The normalized spacial score (nSPS) is 18.1. The Bertz CT molecular complexity index is 1150. The molecule has 0 radical (unpaired) electrons. The first-order valence-electron chi connectivity index (χ1n) is 11.0. The van der Waals surface area contributed by atoms with Crippen molar-refractivity contribution >= 4 is 51.7 Å². The number of Topliss-reactive ketones (excluding diaryl/α,β-unsaturated/α-hetero) is 2. The van der Waals surface area contributed by atoms with Crippen LogP contribution in [0.2, 0.25) is 5.02 Å². The summed E-state index contributed by atoms with van der Waals surface area (Å²) in [6.07, 6.45) is -0.391. The molecule has 3 unspecified atom stereocenters. The van der Waals surface area contributed by atoms with Crippen LogP contribution in [0.4, 0.5) is 0 Å². The number of benzene rings is 2. The smallest absolute Gasteiger partial charge is 0.302 e. The predicted octanol–water partition coefficient (Wildman–Crippen LogP) is 4.52. The Labute approximate surface area is 222 Å². The molecule has 1 aliphatic heterocycles. The Hall–Kier alpha value is -2.37. The number of carbonyl (C=O) groups is 3. The number of aromatic hydroxyl groups is 1. The Balaban J connectivity index is 2.03. The molecule has 1 heterocycles. The van der Waals surface area contributed by atoms with Crippen molar-refractivity contribution in [3.05, 3.63) is 49.5 Å². The largest absolute Gasteiger partial charge is 0.507 e. The van der Waals surface area contributed by atoms with Gasteiger partial charge in [-0.15, -0.1) is 0 Å². The molecule has 3 atom stereocenters. The molecular formula is C25H27ClINO7. The lowest BCUT2D eigenvalue weighted by Crippen LogP contribution is -2.39. The van der Waals surface area contributed by atoms with Crippen LogP contribution in [0.25, 0.3) is 0 Å². The van der Waals surface area contributed by atoms with E-state index < -0.39 is 30.1 Å². The van der Waals surface area contributed by atoms with Gasteiger partial charge in [-0.25, -0.2) is 0 Å². The van der Waals surface area contributed by atoms with E-state index in [0.29, 0.717) is 27.8 Å². The molecule has 1 saturated heterocycles. The van der Waals surface area contributed by atoms with Crippen molar-refractivity contribution in [3.8, 4) is 17.2 Å². The van der Waals surface area contributed by atoms with E-state index >= 15 is 0 Å². The van der Waals surface area contributed by atoms with E-state index in [9.17, 15) is 19.5 Å². The standard InChI is InChI=1S/C25H27ClINO7/c1-12(35-13(2)29)24-15(8-9-28-24)21-19(33-3)11-20(34-4)22(25(21)32)18(31)10-17(30)14-6-5-7-16(27)23(14)26/h5-7,11-12,15,24,28,32H,8-10H2,1-4H3. The van der Waals surface area contributed by atoms with E-state index in [4.69, 9.17) is 25.8 Å². The van der Waals surface area contributed by atoms with E-state index in [2.05, 4.69) is 5.32 Å². The van der Waals surface area contributed by atoms with Crippen LogP contribution in [0, 0.1) is 3.57 Å². The SMILES string of the molecule is COc1cc(OC)c(C2CCNC2C(C)OC(C)=O)c(O)c1C(=O)CC(=O)c1cccc(I)c1Cl. The summed E-state index contributed by atoms with van der Waals surface area (Å²) in [7, 11) is 2.82. The second-order valence-corrected chi connectivity index (χ2v) is 9.77. The zero-order valence-corrected chi connectivity index (χ0v) is 22.7. The summed E-state index contributed by atoms with van der Waals surface area (Å²) < 4.78 is 17.0. The van der Waals surface area contributed by atoms with Crippen LogP contribution in [-0.4, -0.2) is 55.6 Å². The quantitative estimate of drug-likeness (QED) is 0.183. The third-order valence-electron chi connectivity index (χ3n) is 6.05. The minimum absolute atomic E-state index is 0.0881. The highest BCUT2D eigenvalue weighted by Crippen LogP contribution is 2.47. The monoisotopic (exact) mass is 615 g/mol. The molecule has 0 aromatic heterocycles. The minimum atomic E-state index is -0.612. The van der Waals surface area contributed by atoms with Crippen LogP contribution in [0.1, 0.15) is 58.9 Å². The van der Waals surface area contributed by atoms with Crippen molar-refractivity contribution in [1.82, 2.24) is 5.32 Å². The number of nitrogens with one attached hydrogen (secondary N) is 1. The highest BCUT2D eigenvalue weighted by atomic mass is 127. The molecule has 2 aromatic carbocycles. The van der Waals surface area contributed by atoms with Gasteiger partial charge in [-0.1, -0.05) is 17.7 Å². The molecule has 35 heavy (non-hydrogen) atoms. The van der Waals surface area contributed by atoms with Gasteiger partial charge in [-0.3, -0.25) is 14.4 Å². The van der Waals surface area contributed by atoms with Crippen molar-refractivity contribution in [1.29, 1.82) is 0 Å². The number of carbonyl (C=O) groups excluding carboxylic acids is 3. The lowest BCUT2D eigenvalue weighted by atomic mass is 9.85. The molecule has 0 amide bonds. The highest BCUT2D eigenvalue weighted by molar-refractivity contribution is 14.1. The van der Waals surface area contributed by atoms with Gasteiger partial charge in [0.2, 0.25) is 0 Å². The number of phenols is 1. The molecular weight excluding hydrogens is 589 g/mol. The van der Waals surface area contributed by atoms with Gasteiger partial charge in [0.15, 0.2) is 11.6 Å². The number of hydrogen-bond acceptors (Lipinski definition) is 8. The van der Waals surface area contributed by atoms with Crippen LogP contribution < -0.4 is 14.8 Å². The fourth-order valence-electron chi connectivity index (χ4n) is 4.52. The molecule has 1 fully saturated rings. The van der Waals surface area contributed by atoms with Crippen LogP contribution in [-0.2, 0) is 9.53 Å². The summed E-state index contributed by atoms with van der Waals surface area (Å²) >= 11 is 8.28. The second kappa shape index (κ2) is 11.6. The Morgan fingerprint density at radius 1 is 1.20 bits per heavy atom. The van der Waals surface area contributed by atoms with Gasteiger partial charge < -0.3 is 24.6 Å². The highest BCUT2D eigenvalue weighted by Gasteiger charge is 2.39. The summed E-state index contributed by atoms with van der Waals surface area (Å²) in [6, 6.07) is 6.21. The van der Waals surface area contributed by atoms with Crippen molar-refractivity contribution < 1.29 is 33.7 Å². The molecule has 8 nitrogen and oxygen atoms in total. The van der Waals surface area contributed by atoms with Crippen molar-refractivity contribution in [2.75, 3.05) is 20.8 Å². The van der Waals surface area contributed by atoms with E-state index in [1.807, 2.05) is 22.6 Å². The van der Waals surface area contributed by atoms with Gasteiger partial charge in [0.05, 0.1) is 31.7 Å². The zero-order valence-electron chi connectivity index (χ0n) is 19.8. The molecule has 0 bridgehead atoms. The molecule has 1 aliphatic rings. The molecule has 0 aliphatic carbocycles. The summed E-state index contributed by atoms with van der Waals surface area (Å²) in [5, 5.41) is 14.9. The third kappa shape index (κ3) is 5.73. The van der Waals surface area contributed by atoms with E-state index in [1.165, 1.54) is 27.2 Å². The predicted molar refractivity (Wildman–Crippen MR) is 139 cm³/mol. The lowest BCUT2D eigenvalue weighted by Gasteiger charge is -2.28. The Morgan fingerprint density at radius 2 is 1.89 bits per heavy atom. The van der Waals surface area contributed by atoms with Crippen LogP contribution >= 0.6 is 34.2 Å². The second-order valence-electron chi connectivity index (χ2n) is 8.23. The Morgan fingerprint density at radius 3 is 2.51 bits per heavy atom. The van der Waals surface area contributed by atoms with Gasteiger partial charge in [0.25, 0.3) is 0 Å². The summed E-state index contributed by atoms with van der Waals surface area (Å²) in [5.74, 6) is -1.72. The number of hydrogen-bond donors (Lipinski definition) is 2. The molecule has 188 valence electrons.